The van der Waals surface area contributed by atoms with Crippen LogP contribution in [0.5, 0.6) is 0 Å². The highest BCUT2D eigenvalue weighted by Crippen LogP contribution is 2.41. The first-order valence-electron chi connectivity index (χ1n) is 7.02. The van der Waals surface area contributed by atoms with Gasteiger partial charge in [0.05, 0.1) is 0 Å². The molecule has 1 aliphatic carbocycles. The largest absolute Gasteiger partial charge is 0.307 e. The molecule has 1 spiro atoms. The van der Waals surface area contributed by atoms with Gasteiger partial charge in [-0.15, -0.1) is 0 Å². The van der Waals surface area contributed by atoms with Gasteiger partial charge in [-0.05, 0) is 49.1 Å². The first-order valence-corrected chi connectivity index (χ1v) is 7.02. The molecule has 1 N–H and O–H groups in total. The second-order valence-electron chi connectivity index (χ2n) is 5.48. The molecule has 0 radical (unpaired) electrons. The molecule has 0 atom stereocenters. The summed E-state index contributed by atoms with van der Waals surface area (Å²) in [6.07, 6.45) is 9.81. The highest BCUT2D eigenvalue weighted by atomic mass is 19.1. The van der Waals surface area contributed by atoms with Crippen molar-refractivity contribution in [1.82, 2.24) is 5.32 Å². The van der Waals surface area contributed by atoms with Gasteiger partial charge in [0.25, 0.3) is 0 Å². The molecule has 0 bridgehead atoms. The fourth-order valence-corrected chi connectivity index (χ4v) is 3.44. The third-order valence-electron chi connectivity index (χ3n) is 4.33. The number of halogens is 1. The third kappa shape index (κ3) is 2.10. The van der Waals surface area contributed by atoms with E-state index in [4.69, 9.17) is 0 Å². The summed E-state index contributed by atoms with van der Waals surface area (Å²) in [4.78, 5) is 0. The minimum atomic E-state index is -0.152. The molecule has 1 saturated carbocycles. The highest BCUT2D eigenvalue weighted by Gasteiger charge is 2.37. The van der Waals surface area contributed by atoms with Crippen molar-refractivity contribution in [3.63, 3.8) is 0 Å². The molecule has 3 rings (SSSR count). The number of rotatable bonds is 1. The lowest BCUT2D eigenvalue weighted by atomic mass is 9.72. The monoisotopic (exact) mass is 245 g/mol. The standard InChI is InChI=1S/C16H20FN/c17-14-8-6-13(7-9-14)15-5-4-12-18-16(15)10-2-1-3-11-16/h5-9,18H,1-4,10-12H2. The Morgan fingerprint density at radius 3 is 2.44 bits per heavy atom. The van der Waals surface area contributed by atoms with Crippen LogP contribution in [0.4, 0.5) is 4.39 Å². The average molecular weight is 245 g/mol. The molecule has 0 amide bonds. The zero-order valence-corrected chi connectivity index (χ0v) is 10.7. The van der Waals surface area contributed by atoms with Gasteiger partial charge in [-0.3, -0.25) is 0 Å². The molecule has 0 unspecified atom stereocenters. The van der Waals surface area contributed by atoms with Gasteiger partial charge in [0.15, 0.2) is 0 Å². The predicted octanol–water partition coefficient (Wildman–Crippen LogP) is 3.91. The lowest BCUT2D eigenvalue weighted by Gasteiger charge is -2.43. The Balaban J connectivity index is 1.96. The molecule has 1 heterocycles. The van der Waals surface area contributed by atoms with Crippen LogP contribution < -0.4 is 5.32 Å². The van der Waals surface area contributed by atoms with Gasteiger partial charge >= 0.3 is 0 Å². The molecule has 0 saturated heterocycles. The fraction of sp³-hybridized carbons (Fsp3) is 0.500. The van der Waals surface area contributed by atoms with Gasteiger partial charge in [0, 0.05) is 5.54 Å². The molecule has 18 heavy (non-hydrogen) atoms. The normalized spacial score (nSPS) is 22.8. The fourth-order valence-electron chi connectivity index (χ4n) is 3.44. The van der Waals surface area contributed by atoms with E-state index in [-0.39, 0.29) is 11.4 Å². The Hall–Kier alpha value is -1.15. The maximum absolute atomic E-state index is 13.1. The molecule has 1 aromatic carbocycles. The molecule has 1 aromatic rings. The molecule has 2 aliphatic rings. The van der Waals surface area contributed by atoms with Crippen molar-refractivity contribution in [2.45, 2.75) is 44.1 Å². The van der Waals surface area contributed by atoms with E-state index in [2.05, 4.69) is 11.4 Å². The van der Waals surface area contributed by atoms with E-state index in [0.29, 0.717) is 0 Å². The molecule has 2 heteroatoms. The van der Waals surface area contributed by atoms with Crippen molar-refractivity contribution < 1.29 is 4.39 Å². The molecular formula is C16H20FN. The van der Waals surface area contributed by atoms with E-state index in [9.17, 15) is 4.39 Å². The summed E-state index contributed by atoms with van der Waals surface area (Å²) in [7, 11) is 0. The van der Waals surface area contributed by atoms with Gasteiger partial charge in [-0.2, -0.15) is 0 Å². The first-order chi connectivity index (χ1) is 8.80. The lowest BCUT2D eigenvalue weighted by Crippen LogP contribution is -2.49. The quantitative estimate of drug-likeness (QED) is 0.791. The molecule has 96 valence electrons. The molecule has 1 fully saturated rings. The van der Waals surface area contributed by atoms with E-state index >= 15 is 0 Å². The summed E-state index contributed by atoms with van der Waals surface area (Å²) in [5.41, 5.74) is 2.74. The Morgan fingerprint density at radius 1 is 1.00 bits per heavy atom. The van der Waals surface area contributed by atoms with E-state index in [1.54, 1.807) is 12.1 Å². The van der Waals surface area contributed by atoms with Crippen LogP contribution in [-0.4, -0.2) is 12.1 Å². The Bertz CT molecular complexity index is 441. The molecule has 0 aromatic heterocycles. The van der Waals surface area contributed by atoms with Crippen molar-refractivity contribution in [2.24, 2.45) is 0 Å². The van der Waals surface area contributed by atoms with E-state index < -0.39 is 0 Å². The van der Waals surface area contributed by atoms with Crippen molar-refractivity contribution in [2.75, 3.05) is 6.54 Å². The van der Waals surface area contributed by atoms with Crippen LogP contribution >= 0.6 is 0 Å². The topological polar surface area (TPSA) is 12.0 Å². The average Bonchev–Trinajstić information content (AvgIpc) is 2.42. The van der Waals surface area contributed by atoms with Crippen molar-refractivity contribution in [3.05, 3.63) is 41.7 Å². The smallest absolute Gasteiger partial charge is 0.123 e. The van der Waals surface area contributed by atoms with E-state index in [1.807, 2.05) is 12.1 Å². The van der Waals surface area contributed by atoms with Gasteiger partial charge < -0.3 is 5.32 Å². The first kappa shape index (κ1) is 11.9. The van der Waals surface area contributed by atoms with E-state index in [0.717, 1.165) is 13.0 Å². The van der Waals surface area contributed by atoms with E-state index in [1.165, 1.54) is 43.2 Å². The lowest BCUT2D eigenvalue weighted by molar-refractivity contribution is 0.295. The summed E-state index contributed by atoms with van der Waals surface area (Å²) in [5, 5.41) is 3.74. The van der Waals surface area contributed by atoms with Crippen LogP contribution in [0.3, 0.4) is 0 Å². The van der Waals surface area contributed by atoms with Crippen molar-refractivity contribution in [3.8, 4) is 0 Å². The summed E-state index contributed by atoms with van der Waals surface area (Å²) < 4.78 is 13.1. The second kappa shape index (κ2) is 4.85. The minimum Gasteiger partial charge on any atom is -0.307 e. The van der Waals surface area contributed by atoms with Crippen LogP contribution in [0.15, 0.2) is 30.3 Å². The number of hydrogen-bond acceptors (Lipinski definition) is 1. The Morgan fingerprint density at radius 2 is 1.72 bits per heavy atom. The maximum Gasteiger partial charge on any atom is 0.123 e. The van der Waals surface area contributed by atoms with Gasteiger partial charge in [0.2, 0.25) is 0 Å². The third-order valence-corrected chi connectivity index (χ3v) is 4.33. The molecule has 1 nitrogen and oxygen atoms in total. The highest BCUT2D eigenvalue weighted by molar-refractivity contribution is 5.74. The second-order valence-corrected chi connectivity index (χ2v) is 5.48. The maximum atomic E-state index is 13.1. The Labute approximate surface area is 108 Å². The summed E-state index contributed by atoms with van der Waals surface area (Å²) in [6.45, 7) is 1.07. The number of hydrogen-bond donors (Lipinski definition) is 1. The summed E-state index contributed by atoms with van der Waals surface area (Å²) in [6, 6.07) is 6.98. The van der Waals surface area contributed by atoms with Crippen LogP contribution in [-0.2, 0) is 0 Å². The van der Waals surface area contributed by atoms with Crippen LogP contribution in [0, 0.1) is 5.82 Å². The zero-order chi connectivity index (χ0) is 12.4. The van der Waals surface area contributed by atoms with Crippen molar-refractivity contribution in [1.29, 1.82) is 0 Å². The van der Waals surface area contributed by atoms with Crippen molar-refractivity contribution >= 4 is 5.57 Å². The summed E-state index contributed by atoms with van der Waals surface area (Å²) >= 11 is 0. The number of benzene rings is 1. The predicted molar refractivity (Wildman–Crippen MR) is 72.8 cm³/mol. The van der Waals surface area contributed by atoms with Crippen LogP contribution in [0.1, 0.15) is 44.1 Å². The SMILES string of the molecule is Fc1ccc(C2=CCCNC23CCCCC3)cc1. The zero-order valence-electron chi connectivity index (χ0n) is 10.7. The Kier molecular flexibility index (Phi) is 3.21. The van der Waals surface area contributed by atoms with Crippen LogP contribution in [0.25, 0.3) is 5.57 Å². The summed E-state index contributed by atoms with van der Waals surface area (Å²) in [5.74, 6) is -0.152. The minimum absolute atomic E-state index is 0.152. The van der Waals surface area contributed by atoms with Crippen LogP contribution in [0.2, 0.25) is 0 Å². The van der Waals surface area contributed by atoms with Gasteiger partial charge in [-0.1, -0.05) is 37.5 Å². The number of nitrogens with one attached hydrogen (secondary N) is 1. The molecule has 1 aliphatic heterocycles. The van der Waals surface area contributed by atoms with Gasteiger partial charge in [0.1, 0.15) is 5.82 Å². The molecular weight excluding hydrogens is 225 g/mol. The van der Waals surface area contributed by atoms with Gasteiger partial charge in [-0.25, -0.2) is 4.39 Å².